The number of nitrogens with one attached hydrogen (secondary N) is 3. The summed E-state index contributed by atoms with van der Waals surface area (Å²) < 4.78 is 0. The molecule has 0 saturated carbocycles. The van der Waals surface area contributed by atoms with E-state index in [1.54, 1.807) is 24.4 Å². The summed E-state index contributed by atoms with van der Waals surface area (Å²) in [5, 5.41) is 17.9. The van der Waals surface area contributed by atoms with E-state index in [0.29, 0.717) is 29.7 Å². The Morgan fingerprint density at radius 3 is 2.48 bits per heavy atom. The lowest BCUT2D eigenvalue weighted by Crippen LogP contribution is -2.27. The highest BCUT2D eigenvalue weighted by Gasteiger charge is 2.00. The smallest absolute Gasteiger partial charge is 0.244 e. The van der Waals surface area contributed by atoms with Crippen LogP contribution in [0.1, 0.15) is 11.1 Å². The van der Waals surface area contributed by atoms with Crippen LogP contribution in [0.3, 0.4) is 0 Å². The van der Waals surface area contributed by atoms with E-state index in [1.165, 1.54) is 6.08 Å². The first-order valence-corrected chi connectivity index (χ1v) is 9.45. The highest BCUT2D eigenvalue weighted by molar-refractivity contribution is 6.30. The van der Waals surface area contributed by atoms with Gasteiger partial charge in [0.15, 0.2) is 5.82 Å². The zero-order valence-electron chi connectivity index (χ0n) is 15.9. The average Bonchev–Trinajstić information content (AvgIpc) is 2.72. The molecule has 148 valence electrons. The van der Waals surface area contributed by atoms with E-state index in [2.05, 4.69) is 31.1 Å². The number of anilines is 3. The molecule has 0 atom stereocenters. The van der Waals surface area contributed by atoms with Crippen LogP contribution in [0, 0.1) is 6.92 Å². The van der Waals surface area contributed by atoms with E-state index < -0.39 is 0 Å². The fourth-order valence-electron chi connectivity index (χ4n) is 2.41. The van der Waals surface area contributed by atoms with Crippen molar-refractivity contribution in [1.82, 2.24) is 20.5 Å². The van der Waals surface area contributed by atoms with Crippen LogP contribution < -0.4 is 16.0 Å². The van der Waals surface area contributed by atoms with Crippen LogP contribution in [0.4, 0.5) is 17.5 Å². The van der Waals surface area contributed by atoms with Crippen LogP contribution >= 0.6 is 11.6 Å². The summed E-state index contributed by atoms with van der Waals surface area (Å²) in [6.07, 6.45) is 4.96. The number of benzene rings is 1. The van der Waals surface area contributed by atoms with Crippen LogP contribution in [0.2, 0.25) is 5.02 Å². The third kappa shape index (κ3) is 6.90. The van der Waals surface area contributed by atoms with Gasteiger partial charge in [-0.15, -0.1) is 10.2 Å². The third-order valence-electron chi connectivity index (χ3n) is 3.86. The first-order valence-electron chi connectivity index (χ1n) is 9.07. The average molecular weight is 409 g/mol. The molecule has 3 aromatic rings. The number of halogens is 1. The summed E-state index contributed by atoms with van der Waals surface area (Å²) in [7, 11) is 0. The van der Waals surface area contributed by atoms with Crippen molar-refractivity contribution in [2.24, 2.45) is 0 Å². The topological polar surface area (TPSA) is 91.8 Å². The highest BCUT2D eigenvalue weighted by atomic mass is 35.5. The molecule has 3 rings (SSSR count). The van der Waals surface area contributed by atoms with Crippen molar-refractivity contribution in [3.8, 4) is 0 Å². The van der Waals surface area contributed by atoms with Crippen LogP contribution in [0.25, 0.3) is 6.08 Å². The van der Waals surface area contributed by atoms with Gasteiger partial charge in [0.1, 0.15) is 11.6 Å². The van der Waals surface area contributed by atoms with Crippen molar-refractivity contribution in [1.29, 1.82) is 0 Å². The molecular formula is C21H21ClN6O. The molecule has 0 radical (unpaired) electrons. The van der Waals surface area contributed by atoms with E-state index in [4.69, 9.17) is 11.6 Å². The van der Waals surface area contributed by atoms with E-state index >= 15 is 0 Å². The standard InChI is InChI=1S/C21H21ClN6O/c1-15-10-11-23-20(14-15)26-19-8-7-18(27-28-19)24-12-13-25-21(29)9-4-16-2-5-17(22)6-3-16/h2-11,14H,12-13H2,1H3,(H,24,27)(H,25,29)(H,23,26,28)/b9-4+. The Hall–Kier alpha value is -3.45. The van der Waals surface area contributed by atoms with Gasteiger partial charge in [0.05, 0.1) is 0 Å². The molecule has 0 spiro atoms. The molecule has 2 heterocycles. The maximum atomic E-state index is 11.8. The zero-order chi connectivity index (χ0) is 20.5. The molecule has 7 nitrogen and oxygen atoms in total. The molecule has 0 aliphatic carbocycles. The predicted octanol–water partition coefficient (Wildman–Crippen LogP) is 3.82. The van der Waals surface area contributed by atoms with Gasteiger partial charge in [-0.2, -0.15) is 0 Å². The number of amides is 1. The Kier molecular flexibility index (Phi) is 7.13. The number of pyridine rings is 1. The van der Waals surface area contributed by atoms with Crippen LogP contribution in [-0.2, 0) is 4.79 Å². The van der Waals surface area contributed by atoms with Gasteiger partial charge in [-0.1, -0.05) is 23.7 Å². The summed E-state index contributed by atoms with van der Waals surface area (Å²) in [6.45, 7) is 2.98. The molecule has 1 aromatic carbocycles. The Labute approximate surface area is 174 Å². The van der Waals surface area contributed by atoms with Crippen LogP contribution in [-0.4, -0.2) is 34.2 Å². The van der Waals surface area contributed by atoms with Gasteiger partial charge in [-0.3, -0.25) is 4.79 Å². The minimum atomic E-state index is -0.168. The second kappa shape index (κ2) is 10.2. The van der Waals surface area contributed by atoms with Crippen molar-refractivity contribution >= 4 is 41.0 Å². The lowest BCUT2D eigenvalue weighted by Gasteiger charge is -2.07. The molecule has 3 N–H and O–H groups in total. The lowest BCUT2D eigenvalue weighted by atomic mass is 10.2. The van der Waals surface area contributed by atoms with Gasteiger partial charge in [-0.25, -0.2) is 4.98 Å². The van der Waals surface area contributed by atoms with Crippen molar-refractivity contribution < 1.29 is 4.79 Å². The SMILES string of the molecule is Cc1ccnc(Nc2ccc(NCCNC(=O)/C=C/c3ccc(Cl)cc3)nn2)c1. The first kappa shape index (κ1) is 20.3. The highest BCUT2D eigenvalue weighted by Crippen LogP contribution is 2.13. The zero-order valence-corrected chi connectivity index (χ0v) is 16.6. The number of rotatable bonds is 8. The minimum Gasteiger partial charge on any atom is -0.367 e. The van der Waals surface area contributed by atoms with Gasteiger partial charge in [0.25, 0.3) is 0 Å². The monoisotopic (exact) mass is 408 g/mol. The van der Waals surface area contributed by atoms with Gasteiger partial charge in [0, 0.05) is 30.4 Å². The second-order valence-corrected chi connectivity index (χ2v) is 6.69. The molecule has 0 aliphatic rings. The molecular weight excluding hydrogens is 388 g/mol. The largest absolute Gasteiger partial charge is 0.367 e. The number of aromatic nitrogens is 3. The lowest BCUT2D eigenvalue weighted by molar-refractivity contribution is -0.116. The Morgan fingerprint density at radius 2 is 1.76 bits per heavy atom. The number of carbonyl (C=O) groups is 1. The van der Waals surface area contributed by atoms with Gasteiger partial charge in [0.2, 0.25) is 5.91 Å². The number of hydrogen-bond donors (Lipinski definition) is 3. The Balaban J connectivity index is 1.39. The van der Waals surface area contributed by atoms with Crippen LogP contribution in [0.15, 0.2) is 60.8 Å². The van der Waals surface area contributed by atoms with Crippen molar-refractivity contribution in [3.05, 3.63) is 77.0 Å². The second-order valence-electron chi connectivity index (χ2n) is 6.25. The minimum absolute atomic E-state index is 0.168. The molecule has 0 unspecified atom stereocenters. The van der Waals surface area contributed by atoms with Crippen molar-refractivity contribution in [2.75, 3.05) is 23.7 Å². The molecule has 2 aromatic heterocycles. The maximum absolute atomic E-state index is 11.8. The van der Waals surface area contributed by atoms with Crippen molar-refractivity contribution in [3.63, 3.8) is 0 Å². The molecule has 0 saturated heterocycles. The fourth-order valence-corrected chi connectivity index (χ4v) is 2.54. The summed E-state index contributed by atoms with van der Waals surface area (Å²) in [4.78, 5) is 16.1. The molecule has 0 fully saturated rings. The van der Waals surface area contributed by atoms with Gasteiger partial charge in [-0.05, 0) is 60.5 Å². The molecule has 1 amide bonds. The molecule has 0 aliphatic heterocycles. The van der Waals surface area contributed by atoms with Gasteiger partial charge < -0.3 is 16.0 Å². The van der Waals surface area contributed by atoms with Crippen LogP contribution in [0.5, 0.6) is 0 Å². The molecule has 29 heavy (non-hydrogen) atoms. The fraction of sp³-hybridized carbons (Fsp3) is 0.143. The summed E-state index contributed by atoms with van der Waals surface area (Å²) >= 11 is 5.83. The van der Waals surface area contributed by atoms with Crippen molar-refractivity contribution in [2.45, 2.75) is 6.92 Å². The normalized spacial score (nSPS) is 10.7. The quantitative estimate of drug-likeness (QED) is 0.387. The summed E-state index contributed by atoms with van der Waals surface area (Å²) in [5.41, 5.74) is 2.02. The number of carbonyl (C=O) groups excluding carboxylic acids is 1. The number of nitrogens with zero attached hydrogens (tertiary/aromatic N) is 3. The van der Waals surface area contributed by atoms with Gasteiger partial charge >= 0.3 is 0 Å². The first-order chi connectivity index (χ1) is 14.1. The van der Waals surface area contributed by atoms with E-state index in [9.17, 15) is 4.79 Å². The Bertz CT molecular complexity index is 973. The Morgan fingerprint density at radius 1 is 1.00 bits per heavy atom. The van der Waals surface area contributed by atoms with E-state index in [-0.39, 0.29) is 5.91 Å². The number of hydrogen-bond acceptors (Lipinski definition) is 6. The maximum Gasteiger partial charge on any atom is 0.244 e. The number of aryl methyl sites for hydroxylation is 1. The molecule has 0 bridgehead atoms. The molecule has 8 heteroatoms. The third-order valence-corrected chi connectivity index (χ3v) is 4.12. The predicted molar refractivity (Wildman–Crippen MR) is 116 cm³/mol. The van der Waals surface area contributed by atoms with E-state index in [1.807, 2.05) is 43.3 Å². The van der Waals surface area contributed by atoms with E-state index in [0.717, 1.165) is 16.9 Å². The summed E-state index contributed by atoms with van der Waals surface area (Å²) in [6, 6.07) is 14.7. The summed E-state index contributed by atoms with van der Waals surface area (Å²) in [5.74, 6) is 1.78.